The van der Waals surface area contributed by atoms with Gasteiger partial charge in [-0.3, -0.25) is 4.79 Å². The van der Waals surface area contributed by atoms with Gasteiger partial charge in [0.2, 0.25) is 0 Å². The van der Waals surface area contributed by atoms with Crippen LogP contribution in [-0.4, -0.2) is 25.2 Å². The van der Waals surface area contributed by atoms with Crippen LogP contribution < -0.4 is 5.73 Å². The molecule has 6 heteroatoms. The van der Waals surface area contributed by atoms with Gasteiger partial charge in [0.15, 0.2) is 9.84 Å². The molecule has 0 heterocycles. The molecular weight excluding hydrogens is 218 g/mol. The molecule has 0 amide bonds. The van der Waals surface area contributed by atoms with E-state index in [0.29, 0.717) is 5.69 Å². The number of benzene rings is 1. The second-order valence-corrected chi connectivity index (χ2v) is 5.14. The van der Waals surface area contributed by atoms with Crippen molar-refractivity contribution in [1.29, 1.82) is 0 Å². The average Bonchev–Trinajstić information content (AvgIpc) is 2.15. The molecule has 0 radical (unpaired) electrons. The predicted molar refractivity (Wildman–Crippen MR) is 55.2 cm³/mol. The summed E-state index contributed by atoms with van der Waals surface area (Å²) in [6.45, 7) is 0. The Morgan fingerprint density at radius 3 is 2.60 bits per heavy atom. The minimum absolute atomic E-state index is 0.0590. The molecular formula is C9H11NO4S. The number of rotatable bonds is 4. The summed E-state index contributed by atoms with van der Waals surface area (Å²) in [5.41, 5.74) is 5.77. The first-order valence-corrected chi connectivity index (χ1v) is 5.87. The maximum Gasteiger partial charge on any atom is 0.304 e. The van der Waals surface area contributed by atoms with Crippen LogP contribution in [0.5, 0.6) is 0 Å². The van der Waals surface area contributed by atoms with Crippen LogP contribution in [0.1, 0.15) is 6.42 Å². The molecule has 15 heavy (non-hydrogen) atoms. The van der Waals surface area contributed by atoms with Gasteiger partial charge >= 0.3 is 5.97 Å². The van der Waals surface area contributed by atoms with Gasteiger partial charge in [-0.25, -0.2) is 8.42 Å². The fraction of sp³-hybridized carbons (Fsp3) is 0.222. The summed E-state index contributed by atoms with van der Waals surface area (Å²) in [7, 11) is -3.54. The van der Waals surface area contributed by atoms with Crippen molar-refractivity contribution < 1.29 is 18.3 Å². The second kappa shape index (κ2) is 4.31. The van der Waals surface area contributed by atoms with Gasteiger partial charge in [-0.2, -0.15) is 0 Å². The van der Waals surface area contributed by atoms with Crippen LogP contribution in [0.2, 0.25) is 0 Å². The Balaban J connectivity index is 2.91. The van der Waals surface area contributed by atoms with E-state index in [0.717, 1.165) is 0 Å². The minimum Gasteiger partial charge on any atom is -0.481 e. The number of hydrogen-bond acceptors (Lipinski definition) is 4. The smallest absolute Gasteiger partial charge is 0.304 e. The van der Waals surface area contributed by atoms with Gasteiger partial charge in [0, 0.05) is 5.69 Å². The van der Waals surface area contributed by atoms with Crippen molar-refractivity contribution in [1.82, 2.24) is 0 Å². The van der Waals surface area contributed by atoms with E-state index in [4.69, 9.17) is 10.8 Å². The lowest BCUT2D eigenvalue weighted by atomic mass is 10.3. The molecule has 0 saturated heterocycles. The van der Waals surface area contributed by atoms with Crippen molar-refractivity contribution in [2.75, 3.05) is 11.5 Å². The van der Waals surface area contributed by atoms with Crippen molar-refractivity contribution >= 4 is 21.5 Å². The zero-order chi connectivity index (χ0) is 11.5. The van der Waals surface area contributed by atoms with Crippen molar-refractivity contribution in [3.63, 3.8) is 0 Å². The summed E-state index contributed by atoms with van der Waals surface area (Å²) in [4.78, 5) is 10.3. The molecule has 3 N–H and O–H groups in total. The molecule has 0 spiro atoms. The number of hydrogen-bond donors (Lipinski definition) is 2. The number of sulfone groups is 1. The van der Waals surface area contributed by atoms with Gasteiger partial charge in [-0.1, -0.05) is 6.07 Å². The number of aliphatic carboxylic acids is 1. The summed E-state index contributed by atoms with van der Waals surface area (Å²) >= 11 is 0. The van der Waals surface area contributed by atoms with Gasteiger partial charge in [-0.15, -0.1) is 0 Å². The number of anilines is 1. The molecule has 0 bridgehead atoms. The summed E-state index contributed by atoms with van der Waals surface area (Å²) in [5, 5.41) is 8.39. The van der Waals surface area contributed by atoms with Gasteiger partial charge < -0.3 is 10.8 Å². The van der Waals surface area contributed by atoms with E-state index in [9.17, 15) is 13.2 Å². The topological polar surface area (TPSA) is 97.5 Å². The zero-order valence-corrected chi connectivity index (χ0v) is 8.70. The molecule has 1 aromatic rings. The molecule has 0 aromatic heterocycles. The Labute approximate surface area is 87.4 Å². The van der Waals surface area contributed by atoms with Crippen LogP contribution in [0, 0.1) is 0 Å². The average molecular weight is 229 g/mol. The Morgan fingerprint density at radius 1 is 1.40 bits per heavy atom. The van der Waals surface area contributed by atoms with Crippen LogP contribution in [0.3, 0.4) is 0 Å². The highest BCUT2D eigenvalue weighted by molar-refractivity contribution is 7.91. The summed E-state index contributed by atoms with van der Waals surface area (Å²) < 4.78 is 23.1. The number of nitrogen functional groups attached to an aromatic ring is 1. The molecule has 0 fully saturated rings. The third-order valence-electron chi connectivity index (χ3n) is 1.80. The van der Waals surface area contributed by atoms with Crippen molar-refractivity contribution in [3.8, 4) is 0 Å². The van der Waals surface area contributed by atoms with Crippen molar-refractivity contribution in [2.24, 2.45) is 0 Å². The Hall–Kier alpha value is -1.56. The maximum atomic E-state index is 11.6. The first-order valence-electron chi connectivity index (χ1n) is 4.22. The quantitative estimate of drug-likeness (QED) is 0.733. The molecule has 0 atom stereocenters. The summed E-state index contributed by atoms with van der Waals surface area (Å²) in [5.74, 6) is -1.55. The van der Waals surface area contributed by atoms with E-state index in [1.165, 1.54) is 18.2 Å². The molecule has 5 nitrogen and oxygen atoms in total. The van der Waals surface area contributed by atoms with Gasteiger partial charge in [0.1, 0.15) is 0 Å². The standard InChI is InChI=1S/C9H11NO4S/c10-7-2-1-3-8(6-7)15(13,14)5-4-9(11)12/h1-3,6H,4-5,10H2,(H,11,12). The highest BCUT2D eigenvalue weighted by Gasteiger charge is 2.15. The van der Waals surface area contributed by atoms with Crippen LogP contribution in [0.15, 0.2) is 29.2 Å². The zero-order valence-electron chi connectivity index (χ0n) is 7.88. The summed E-state index contributed by atoms with van der Waals surface area (Å²) in [6, 6.07) is 5.80. The number of carboxylic acid groups (broad SMARTS) is 1. The molecule has 1 aromatic carbocycles. The SMILES string of the molecule is Nc1cccc(S(=O)(=O)CCC(=O)O)c1. The van der Waals surface area contributed by atoms with E-state index in [1.54, 1.807) is 6.07 Å². The molecule has 0 aliphatic carbocycles. The van der Waals surface area contributed by atoms with E-state index in [-0.39, 0.29) is 4.90 Å². The van der Waals surface area contributed by atoms with Gasteiger partial charge in [0.05, 0.1) is 17.1 Å². The second-order valence-electron chi connectivity index (χ2n) is 3.04. The van der Waals surface area contributed by atoms with Crippen LogP contribution >= 0.6 is 0 Å². The number of carboxylic acids is 1. The monoisotopic (exact) mass is 229 g/mol. The first kappa shape index (κ1) is 11.5. The third-order valence-corrected chi connectivity index (χ3v) is 3.52. The molecule has 82 valence electrons. The highest BCUT2D eigenvalue weighted by atomic mass is 32.2. The fourth-order valence-electron chi connectivity index (χ4n) is 1.05. The van der Waals surface area contributed by atoms with E-state index >= 15 is 0 Å². The lowest BCUT2D eigenvalue weighted by Gasteiger charge is -2.03. The summed E-state index contributed by atoms with van der Waals surface area (Å²) in [6.07, 6.45) is -0.406. The Bertz CT molecular complexity index is 467. The minimum atomic E-state index is -3.54. The third kappa shape index (κ3) is 3.25. The van der Waals surface area contributed by atoms with Crippen LogP contribution in [0.25, 0.3) is 0 Å². The predicted octanol–water partition coefficient (Wildman–Crippen LogP) is 0.517. The van der Waals surface area contributed by atoms with E-state index < -0.39 is 28.0 Å². The largest absolute Gasteiger partial charge is 0.481 e. The fourth-order valence-corrected chi connectivity index (χ4v) is 2.33. The molecule has 1 rings (SSSR count). The lowest BCUT2D eigenvalue weighted by Crippen LogP contribution is -2.11. The van der Waals surface area contributed by atoms with Crippen LogP contribution in [0.4, 0.5) is 5.69 Å². The molecule has 0 saturated carbocycles. The Kier molecular flexibility index (Phi) is 3.31. The highest BCUT2D eigenvalue weighted by Crippen LogP contribution is 2.15. The number of nitrogens with two attached hydrogens (primary N) is 1. The molecule has 0 aliphatic heterocycles. The normalized spacial score (nSPS) is 11.2. The van der Waals surface area contributed by atoms with Crippen LogP contribution in [-0.2, 0) is 14.6 Å². The maximum absolute atomic E-state index is 11.6. The van der Waals surface area contributed by atoms with E-state index in [1.807, 2.05) is 0 Å². The molecule has 0 aliphatic rings. The molecule has 0 unspecified atom stereocenters. The lowest BCUT2D eigenvalue weighted by molar-refractivity contribution is -0.136. The van der Waals surface area contributed by atoms with Crippen molar-refractivity contribution in [3.05, 3.63) is 24.3 Å². The first-order chi connectivity index (χ1) is 6.92. The number of carbonyl (C=O) groups is 1. The van der Waals surface area contributed by atoms with Gasteiger partial charge in [-0.05, 0) is 18.2 Å². The van der Waals surface area contributed by atoms with Crippen molar-refractivity contribution in [2.45, 2.75) is 11.3 Å². The Morgan fingerprint density at radius 2 is 2.07 bits per heavy atom. The van der Waals surface area contributed by atoms with Gasteiger partial charge in [0.25, 0.3) is 0 Å². The van der Waals surface area contributed by atoms with E-state index in [2.05, 4.69) is 0 Å².